The summed E-state index contributed by atoms with van der Waals surface area (Å²) in [6.07, 6.45) is 12.3. The van der Waals surface area contributed by atoms with Crippen LogP contribution >= 0.6 is 11.6 Å². The second kappa shape index (κ2) is 6.05. The Morgan fingerprint density at radius 2 is 1.93 bits per heavy atom. The van der Waals surface area contributed by atoms with Crippen LogP contribution in [-0.4, -0.2) is 32.9 Å². The van der Waals surface area contributed by atoms with E-state index < -0.39 is 0 Å². The normalized spacial score (nSPS) is 20.2. The van der Waals surface area contributed by atoms with E-state index in [1.165, 1.54) is 24.0 Å². The molecule has 28 heavy (non-hydrogen) atoms. The van der Waals surface area contributed by atoms with E-state index in [0.29, 0.717) is 10.7 Å². The lowest BCUT2D eigenvalue weighted by Crippen LogP contribution is -2.41. The van der Waals surface area contributed by atoms with Gasteiger partial charge in [-0.2, -0.15) is 9.61 Å². The highest BCUT2D eigenvalue weighted by molar-refractivity contribution is 6.36. The summed E-state index contributed by atoms with van der Waals surface area (Å²) < 4.78 is 1.82. The smallest absolute Gasteiger partial charge is 0.198 e. The zero-order valence-electron chi connectivity index (χ0n) is 15.7. The van der Waals surface area contributed by atoms with Crippen molar-refractivity contribution in [2.45, 2.75) is 37.5 Å². The van der Waals surface area contributed by atoms with E-state index in [1.807, 2.05) is 10.7 Å². The van der Waals surface area contributed by atoms with Crippen molar-refractivity contribution < 1.29 is 0 Å². The van der Waals surface area contributed by atoms with Crippen LogP contribution in [0.4, 0.5) is 5.69 Å². The first-order valence-corrected chi connectivity index (χ1v) is 10.5. The fraction of sp³-hybridized carbons (Fsp3) is 0.409. The lowest BCUT2D eigenvalue weighted by atomic mass is 9.74. The Morgan fingerprint density at radius 3 is 2.75 bits per heavy atom. The molecule has 1 saturated carbocycles. The number of benzene rings is 1. The average molecular weight is 392 g/mol. The summed E-state index contributed by atoms with van der Waals surface area (Å²) in [5, 5.41) is 14.0. The van der Waals surface area contributed by atoms with Crippen molar-refractivity contribution in [1.29, 1.82) is 0 Å². The van der Waals surface area contributed by atoms with Crippen molar-refractivity contribution in [3.63, 3.8) is 0 Å². The molecule has 2 aliphatic carbocycles. The van der Waals surface area contributed by atoms with Crippen LogP contribution in [0.25, 0.3) is 11.7 Å². The quantitative estimate of drug-likeness (QED) is 0.668. The van der Waals surface area contributed by atoms with Gasteiger partial charge in [0.1, 0.15) is 5.02 Å². The predicted molar refractivity (Wildman–Crippen MR) is 111 cm³/mol. The van der Waals surface area contributed by atoms with Gasteiger partial charge >= 0.3 is 0 Å². The van der Waals surface area contributed by atoms with Gasteiger partial charge in [0.25, 0.3) is 0 Å². The molecule has 1 aliphatic heterocycles. The molecule has 0 radical (unpaired) electrons. The van der Waals surface area contributed by atoms with Gasteiger partial charge in [-0.25, -0.2) is 0 Å². The molecule has 0 bridgehead atoms. The number of fused-ring (bicyclic) bond motifs is 3. The summed E-state index contributed by atoms with van der Waals surface area (Å²) >= 11 is 6.75. The molecule has 1 saturated heterocycles. The zero-order chi connectivity index (χ0) is 18.7. The second-order valence-corrected chi connectivity index (χ2v) is 8.78. The Labute approximate surface area is 169 Å². The maximum atomic E-state index is 6.75. The maximum absolute atomic E-state index is 6.75. The first-order chi connectivity index (χ1) is 13.7. The van der Waals surface area contributed by atoms with Gasteiger partial charge in [0.05, 0.1) is 11.9 Å². The van der Waals surface area contributed by atoms with Crippen LogP contribution < -0.4 is 4.90 Å². The van der Waals surface area contributed by atoms with Gasteiger partial charge in [0.15, 0.2) is 11.5 Å². The molecule has 1 spiro atoms. The molecule has 6 rings (SSSR count). The van der Waals surface area contributed by atoms with Crippen LogP contribution in [-0.2, 0) is 11.8 Å². The van der Waals surface area contributed by atoms with E-state index in [-0.39, 0.29) is 5.41 Å². The van der Waals surface area contributed by atoms with E-state index in [2.05, 4.69) is 56.6 Å². The Morgan fingerprint density at radius 1 is 1.11 bits per heavy atom. The number of piperidine rings is 1. The van der Waals surface area contributed by atoms with Crippen LogP contribution in [0.3, 0.4) is 0 Å². The first-order valence-electron chi connectivity index (χ1n) is 10.2. The summed E-state index contributed by atoms with van der Waals surface area (Å²) in [6, 6.07) is 8.77. The zero-order valence-corrected chi connectivity index (χ0v) is 16.4. The van der Waals surface area contributed by atoms with Crippen molar-refractivity contribution in [3.05, 3.63) is 58.5 Å². The highest BCUT2D eigenvalue weighted by Gasteiger charge is 2.38. The second-order valence-electron chi connectivity index (χ2n) is 8.41. The molecule has 1 aromatic carbocycles. The third-order valence-corrected chi connectivity index (χ3v) is 7.03. The summed E-state index contributed by atoms with van der Waals surface area (Å²) in [5.74, 6) is 1.67. The van der Waals surface area contributed by atoms with E-state index in [1.54, 1.807) is 0 Å². The fourth-order valence-corrected chi connectivity index (χ4v) is 5.09. The van der Waals surface area contributed by atoms with Gasteiger partial charge in [0, 0.05) is 24.9 Å². The van der Waals surface area contributed by atoms with Gasteiger partial charge in [0.2, 0.25) is 0 Å². The van der Waals surface area contributed by atoms with Gasteiger partial charge in [-0.1, -0.05) is 48.0 Å². The lowest BCUT2D eigenvalue weighted by molar-refractivity contribution is 0.411. The molecule has 2 fully saturated rings. The molecule has 5 nitrogen and oxygen atoms in total. The molecule has 142 valence electrons. The van der Waals surface area contributed by atoms with Crippen molar-refractivity contribution >= 4 is 29.0 Å². The van der Waals surface area contributed by atoms with Crippen molar-refractivity contribution in [2.75, 3.05) is 18.0 Å². The minimum absolute atomic E-state index is 0.170. The number of allylic oxidation sites excluding steroid dienone is 1. The van der Waals surface area contributed by atoms with E-state index in [4.69, 9.17) is 11.6 Å². The molecule has 0 atom stereocenters. The van der Waals surface area contributed by atoms with Crippen LogP contribution in [0.2, 0.25) is 5.02 Å². The predicted octanol–water partition coefficient (Wildman–Crippen LogP) is 4.30. The number of rotatable bonds is 3. The molecular formula is C22H22ClN5. The topological polar surface area (TPSA) is 46.3 Å². The van der Waals surface area contributed by atoms with Crippen LogP contribution in [0.5, 0.6) is 0 Å². The summed E-state index contributed by atoms with van der Waals surface area (Å²) in [6.45, 7) is 1.92. The van der Waals surface area contributed by atoms with Crippen molar-refractivity contribution in [3.8, 4) is 0 Å². The molecule has 2 aromatic heterocycles. The number of anilines is 1. The number of nitrogens with zero attached hydrogens (tertiary/aromatic N) is 5. The van der Waals surface area contributed by atoms with Crippen molar-refractivity contribution in [1.82, 2.24) is 19.8 Å². The summed E-state index contributed by atoms with van der Waals surface area (Å²) in [4.78, 5) is 2.35. The largest absolute Gasteiger partial charge is 0.369 e. The van der Waals surface area contributed by atoms with Crippen molar-refractivity contribution in [2.24, 2.45) is 5.92 Å². The van der Waals surface area contributed by atoms with Gasteiger partial charge in [-0.15, -0.1) is 10.2 Å². The third kappa shape index (κ3) is 2.49. The van der Waals surface area contributed by atoms with Crippen LogP contribution in [0.1, 0.15) is 42.6 Å². The average Bonchev–Trinajstić information content (AvgIpc) is 3.35. The Bertz CT molecular complexity index is 1090. The number of hydrogen-bond donors (Lipinski definition) is 0. The van der Waals surface area contributed by atoms with Crippen LogP contribution in [0.15, 0.2) is 36.5 Å². The van der Waals surface area contributed by atoms with Gasteiger partial charge < -0.3 is 4.90 Å². The molecule has 0 N–H and O–H groups in total. The van der Waals surface area contributed by atoms with Gasteiger partial charge in [-0.05, 0) is 42.7 Å². The van der Waals surface area contributed by atoms with E-state index >= 15 is 0 Å². The summed E-state index contributed by atoms with van der Waals surface area (Å²) in [7, 11) is 0. The molecular weight excluding hydrogens is 370 g/mol. The fourth-order valence-electron chi connectivity index (χ4n) is 4.80. The molecule has 6 heteroatoms. The van der Waals surface area contributed by atoms with E-state index in [9.17, 15) is 0 Å². The molecule has 3 aliphatic rings. The first kappa shape index (κ1) is 16.5. The third-order valence-electron chi connectivity index (χ3n) is 6.67. The number of aromatic nitrogens is 4. The maximum Gasteiger partial charge on any atom is 0.198 e. The van der Waals surface area contributed by atoms with Crippen LogP contribution in [0, 0.1) is 5.92 Å². The molecule has 3 aromatic rings. The number of hydrogen-bond acceptors (Lipinski definition) is 4. The molecule has 0 amide bonds. The highest BCUT2D eigenvalue weighted by Crippen LogP contribution is 2.45. The standard InChI is InChI=1S/C22H22ClN5/c23-20-18(14-24-28-19(13-15-5-6-15)25-26-21(20)28)27-11-9-22(10-12-27)8-7-16-3-1-2-4-17(16)22/h1-4,7-8,14-15H,5-6,9-13H2. The highest BCUT2D eigenvalue weighted by atomic mass is 35.5. The monoisotopic (exact) mass is 391 g/mol. The SMILES string of the molecule is Clc1c(N2CCC3(C=Cc4ccccc43)CC2)cnn2c(CC3CC3)nnc12. The Balaban J connectivity index is 1.27. The molecule has 0 unspecified atom stereocenters. The lowest BCUT2D eigenvalue weighted by Gasteiger charge is -2.40. The van der Waals surface area contributed by atoms with Gasteiger partial charge in [-0.3, -0.25) is 0 Å². The molecule has 3 heterocycles. The Kier molecular flexibility index (Phi) is 3.57. The summed E-state index contributed by atoms with van der Waals surface area (Å²) in [5.41, 5.74) is 4.66. The minimum atomic E-state index is 0.170. The Hall–Kier alpha value is -2.40. The minimum Gasteiger partial charge on any atom is -0.369 e. The van der Waals surface area contributed by atoms with E-state index in [0.717, 1.165) is 49.8 Å². The number of halogens is 1.